The van der Waals surface area contributed by atoms with E-state index in [2.05, 4.69) is 9.71 Å². The van der Waals surface area contributed by atoms with Gasteiger partial charge in [-0.15, -0.1) is 4.40 Å². The van der Waals surface area contributed by atoms with Crippen LogP contribution < -0.4 is 5.32 Å². The van der Waals surface area contributed by atoms with Crippen LogP contribution in [0.5, 0.6) is 0 Å². The van der Waals surface area contributed by atoms with Crippen LogP contribution in [-0.4, -0.2) is 64.0 Å². The summed E-state index contributed by atoms with van der Waals surface area (Å²) in [4.78, 5) is 14.7. The largest absolute Gasteiger partial charge is 0.339 e. The highest BCUT2D eigenvalue weighted by Gasteiger charge is 2.32. The van der Waals surface area contributed by atoms with E-state index in [1.807, 2.05) is 6.07 Å². The topological polar surface area (TPSA) is 140 Å². The van der Waals surface area contributed by atoms with E-state index in [4.69, 9.17) is 0 Å². The average molecular weight is 536 g/mol. The van der Waals surface area contributed by atoms with E-state index >= 15 is 0 Å². The molecule has 0 aliphatic carbocycles. The number of hydrogen-bond donors (Lipinski definition) is 1. The minimum Gasteiger partial charge on any atom is -0.339 e. The van der Waals surface area contributed by atoms with Gasteiger partial charge in [-0.2, -0.15) is 18.0 Å². The van der Waals surface area contributed by atoms with Crippen LogP contribution in [0.15, 0.2) is 87.0 Å². The minimum absolute atomic E-state index is 0.0392. The van der Waals surface area contributed by atoms with Crippen LogP contribution in [-0.2, 0) is 20.0 Å². The zero-order valence-corrected chi connectivity index (χ0v) is 21.0. The van der Waals surface area contributed by atoms with Crippen molar-refractivity contribution in [3.05, 3.63) is 89.5 Å². The van der Waals surface area contributed by atoms with Crippen LogP contribution in [0.4, 0.5) is 5.69 Å². The van der Waals surface area contributed by atoms with Crippen molar-refractivity contribution in [3.63, 3.8) is 0 Å². The summed E-state index contributed by atoms with van der Waals surface area (Å²) in [6, 6.07) is 21.0. The molecule has 1 fully saturated rings. The Morgan fingerprint density at radius 1 is 0.919 bits per heavy atom. The Labute approximate surface area is 214 Å². The third-order valence-electron chi connectivity index (χ3n) is 6.18. The fraction of sp³-hybridized carbons (Fsp3) is 0.160. The number of amidine groups is 1. The van der Waals surface area contributed by atoms with E-state index in [-0.39, 0.29) is 53.3 Å². The highest BCUT2D eigenvalue weighted by molar-refractivity contribution is 7.90. The third-order valence-corrected chi connectivity index (χ3v) is 9.47. The molecule has 1 saturated heterocycles. The van der Waals surface area contributed by atoms with Gasteiger partial charge < -0.3 is 10.2 Å². The number of carbonyl (C=O) groups is 1. The summed E-state index contributed by atoms with van der Waals surface area (Å²) in [5.74, 6) is -0.0304. The summed E-state index contributed by atoms with van der Waals surface area (Å²) >= 11 is 0. The van der Waals surface area contributed by atoms with Gasteiger partial charge in [-0.25, -0.2) is 8.42 Å². The number of rotatable bonds is 4. The van der Waals surface area contributed by atoms with Gasteiger partial charge in [0, 0.05) is 43.0 Å². The maximum Gasteiger partial charge on any atom is 0.285 e. The summed E-state index contributed by atoms with van der Waals surface area (Å²) < 4.78 is 55.6. The molecular formula is C25H21N5O5S2. The van der Waals surface area contributed by atoms with Crippen LogP contribution >= 0.6 is 0 Å². The zero-order valence-electron chi connectivity index (χ0n) is 19.4. The van der Waals surface area contributed by atoms with Crippen LogP contribution in [0.1, 0.15) is 21.5 Å². The number of anilines is 1. The molecule has 3 aromatic rings. The van der Waals surface area contributed by atoms with E-state index in [0.29, 0.717) is 16.8 Å². The molecule has 1 amide bonds. The van der Waals surface area contributed by atoms with E-state index in [1.54, 1.807) is 59.5 Å². The van der Waals surface area contributed by atoms with Crippen molar-refractivity contribution in [1.29, 1.82) is 5.26 Å². The van der Waals surface area contributed by atoms with Gasteiger partial charge in [-0.05, 0) is 48.5 Å². The van der Waals surface area contributed by atoms with Crippen molar-refractivity contribution < 1.29 is 21.6 Å². The Hall–Kier alpha value is -4.05. The molecule has 37 heavy (non-hydrogen) atoms. The molecule has 0 saturated carbocycles. The standard InChI is InChI=1S/C25H21N5O5S2/c26-17-19-5-1-3-7-22(19)37(34,35)30-15-13-29(14-16-30)25(31)18-9-11-20(12-10-18)27-24-21-6-2-4-8-23(21)36(32,33)28-24/h1-12H,13-16H2,(H,27,28). The molecule has 0 spiro atoms. The van der Waals surface area contributed by atoms with Gasteiger partial charge in [-0.1, -0.05) is 24.3 Å². The van der Waals surface area contributed by atoms with Crippen molar-refractivity contribution in [2.75, 3.05) is 31.5 Å². The lowest BCUT2D eigenvalue weighted by Gasteiger charge is -2.34. The van der Waals surface area contributed by atoms with E-state index in [1.165, 1.54) is 22.5 Å². The number of fused-ring (bicyclic) bond motifs is 1. The zero-order chi connectivity index (χ0) is 26.2. The number of amides is 1. The highest BCUT2D eigenvalue weighted by Crippen LogP contribution is 2.27. The van der Waals surface area contributed by atoms with Gasteiger partial charge >= 0.3 is 0 Å². The molecule has 0 radical (unpaired) electrons. The first-order valence-corrected chi connectivity index (χ1v) is 14.2. The van der Waals surface area contributed by atoms with Crippen molar-refractivity contribution >= 4 is 37.5 Å². The highest BCUT2D eigenvalue weighted by atomic mass is 32.2. The van der Waals surface area contributed by atoms with Crippen LogP contribution in [0.3, 0.4) is 0 Å². The molecule has 12 heteroatoms. The number of nitrogens with one attached hydrogen (secondary N) is 1. The number of sulfonamides is 2. The molecule has 0 aromatic heterocycles. The molecule has 0 atom stereocenters. The van der Waals surface area contributed by atoms with Gasteiger partial charge in [0.1, 0.15) is 11.0 Å². The Bertz CT molecular complexity index is 1670. The monoisotopic (exact) mass is 535 g/mol. The van der Waals surface area contributed by atoms with E-state index in [9.17, 15) is 26.9 Å². The minimum atomic E-state index is -3.85. The molecule has 0 bridgehead atoms. The molecule has 3 aromatic carbocycles. The van der Waals surface area contributed by atoms with Gasteiger partial charge in [0.05, 0.1) is 10.5 Å². The summed E-state index contributed by atoms with van der Waals surface area (Å²) in [7, 11) is -7.60. The maximum atomic E-state index is 13.0. The maximum absolute atomic E-state index is 13.0. The summed E-state index contributed by atoms with van der Waals surface area (Å²) in [5, 5.41) is 12.3. The molecule has 2 aliphatic rings. The van der Waals surface area contributed by atoms with Crippen molar-refractivity contribution in [1.82, 2.24) is 9.21 Å². The predicted molar refractivity (Wildman–Crippen MR) is 136 cm³/mol. The Balaban J connectivity index is 1.24. The van der Waals surface area contributed by atoms with Gasteiger partial charge in [0.25, 0.3) is 15.9 Å². The van der Waals surface area contributed by atoms with Gasteiger partial charge in [0.15, 0.2) is 5.84 Å². The smallest absolute Gasteiger partial charge is 0.285 e. The number of carbonyl (C=O) groups excluding carboxylic acids is 1. The number of benzene rings is 3. The number of nitriles is 1. The third kappa shape index (κ3) is 4.60. The average Bonchev–Trinajstić information content (AvgIpc) is 3.18. The summed E-state index contributed by atoms with van der Waals surface area (Å²) in [6.07, 6.45) is 0. The van der Waals surface area contributed by atoms with Gasteiger partial charge in [-0.3, -0.25) is 4.79 Å². The van der Waals surface area contributed by atoms with E-state index < -0.39 is 20.0 Å². The molecule has 10 nitrogen and oxygen atoms in total. The van der Waals surface area contributed by atoms with E-state index in [0.717, 1.165) is 0 Å². The predicted octanol–water partition coefficient (Wildman–Crippen LogP) is 2.27. The number of nitrogens with zero attached hydrogens (tertiary/aromatic N) is 4. The summed E-state index contributed by atoms with van der Waals surface area (Å²) in [6.45, 7) is 0.638. The molecule has 2 heterocycles. The first-order chi connectivity index (χ1) is 17.7. The number of hydrogen-bond acceptors (Lipinski definition) is 7. The quantitative estimate of drug-likeness (QED) is 0.540. The Morgan fingerprint density at radius 2 is 1.57 bits per heavy atom. The molecular weight excluding hydrogens is 514 g/mol. The molecule has 5 rings (SSSR count). The second-order valence-corrected chi connectivity index (χ2v) is 11.9. The van der Waals surface area contributed by atoms with Crippen LogP contribution in [0.25, 0.3) is 0 Å². The number of piperazine rings is 1. The Kier molecular flexibility index (Phi) is 6.28. The van der Waals surface area contributed by atoms with Gasteiger partial charge in [0.2, 0.25) is 10.0 Å². The molecule has 2 aliphatic heterocycles. The normalized spacial score (nSPS) is 16.9. The molecule has 0 unspecified atom stereocenters. The van der Waals surface area contributed by atoms with Crippen molar-refractivity contribution in [3.8, 4) is 6.07 Å². The Morgan fingerprint density at radius 3 is 2.27 bits per heavy atom. The van der Waals surface area contributed by atoms with Crippen LogP contribution in [0.2, 0.25) is 0 Å². The van der Waals surface area contributed by atoms with Crippen molar-refractivity contribution in [2.24, 2.45) is 4.40 Å². The second kappa shape index (κ2) is 9.44. The van der Waals surface area contributed by atoms with Crippen molar-refractivity contribution in [2.45, 2.75) is 9.79 Å². The van der Waals surface area contributed by atoms with Crippen LogP contribution in [0, 0.1) is 11.3 Å². The molecule has 188 valence electrons. The second-order valence-electron chi connectivity index (χ2n) is 8.42. The SMILES string of the molecule is N#Cc1ccccc1S(=O)(=O)N1CCN(C(=O)c2ccc(NC3=NS(=O)(=O)c4ccccc43)cc2)CC1. The fourth-order valence-corrected chi connectivity index (χ4v) is 7.01. The lowest BCUT2D eigenvalue weighted by Crippen LogP contribution is -2.50. The lowest BCUT2D eigenvalue weighted by molar-refractivity contribution is 0.0698. The summed E-state index contributed by atoms with van der Waals surface area (Å²) in [5.41, 5.74) is 1.54. The molecule has 1 N–H and O–H groups in total. The first-order valence-electron chi connectivity index (χ1n) is 11.3. The first kappa shape index (κ1) is 24.6. The lowest BCUT2D eigenvalue weighted by atomic mass is 10.1. The fourth-order valence-electron chi connectivity index (χ4n) is 4.27.